The third-order valence-corrected chi connectivity index (χ3v) is 7.39. The molecule has 1 fully saturated rings. The van der Waals surface area contributed by atoms with E-state index in [0.29, 0.717) is 56.8 Å². The summed E-state index contributed by atoms with van der Waals surface area (Å²) < 4.78 is 13.5. The summed E-state index contributed by atoms with van der Waals surface area (Å²) in [6.45, 7) is 4.70. The number of H-pyrrole nitrogens is 1. The van der Waals surface area contributed by atoms with Crippen molar-refractivity contribution < 1.29 is 14.3 Å². The van der Waals surface area contributed by atoms with Crippen molar-refractivity contribution in [2.24, 2.45) is 0 Å². The van der Waals surface area contributed by atoms with E-state index in [0.717, 1.165) is 18.4 Å². The van der Waals surface area contributed by atoms with Crippen LogP contribution in [0.2, 0.25) is 10.0 Å². The molecule has 5 rings (SSSR count). The number of nitrogen functional groups attached to an aromatic ring is 1. The van der Waals surface area contributed by atoms with Gasteiger partial charge < -0.3 is 24.7 Å². The molecule has 1 saturated heterocycles. The van der Waals surface area contributed by atoms with Crippen LogP contribution >= 0.6 is 23.2 Å². The molecule has 1 aliphatic heterocycles. The smallest absolute Gasteiger partial charge is 0.288 e. The highest BCUT2D eigenvalue weighted by Gasteiger charge is 2.27. The molecular formula is C27H25Cl2N5O4. The Hall–Kier alpha value is -3.95. The first kappa shape index (κ1) is 25.7. The van der Waals surface area contributed by atoms with E-state index >= 15 is 0 Å². The maximum absolute atomic E-state index is 13.0. The number of nitrogens with one attached hydrogen (secondary N) is 1. The van der Waals surface area contributed by atoms with E-state index in [1.807, 2.05) is 16.8 Å². The van der Waals surface area contributed by atoms with Crippen molar-refractivity contribution in [1.29, 1.82) is 0 Å². The predicted octanol–water partition coefficient (Wildman–Crippen LogP) is 5.43. The Balaban J connectivity index is 1.58. The number of amides is 1. The molecule has 1 amide bonds. The fourth-order valence-electron chi connectivity index (χ4n) is 4.84. The molecule has 0 bridgehead atoms. The molecular weight excluding hydrogens is 529 g/mol. The Morgan fingerprint density at radius 3 is 2.76 bits per heavy atom. The predicted molar refractivity (Wildman–Crippen MR) is 148 cm³/mol. The summed E-state index contributed by atoms with van der Waals surface area (Å²) in [7, 11) is 1.54. The van der Waals surface area contributed by atoms with Gasteiger partial charge >= 0.3 is 0 Å². The maximum Gasteiger partial charge on any atom is 0.288 e. The molecule has 0 radical (unpaired) electrons. The summed E-state index contributed by atoms with van der Waals surface area (Å²) in [5.74, 6) is 1.49. The van der Waals surface area contributed by atoms with Gasteiger partial charge in [0.25, 0.3) is 5.56 Å². The van der Waals surface area contributed by atoms with Gasteiger partial charge in [-0.1, -0.05) is 35.8 Å². The monoisotopic (exact) mass is 553 g/mol. The second kappa shape index (κ2) is 10.4. The lowest BCUT2D eigenvalue weighted by atomic mass is 10.0. The topological polar surface area (TPSA) is 115 Å². The van der Waals surface area contributed by atoms with Crippen LogP contribution in [-0.2, 0) is 4.79 Å². The molecule has 38 heavy (non-hydrogen) atoms. The van der Waals surface area contributed by atoms with Gasteiger partial charge in [0.05, 0.1) is 28.6 Å². The van der Waals surface area contributed by atoms with Gasteiger partial charge in [-0.3, -0.25) is 9.59 Å². The fourth-order valence-corrected chi connectivity index (χ4v) is 5.13. The average Bonchev–Trinajstić information content (AvgIpc) is 3.35. The van der Waals surface area contributed by atoms with Crippen LogP contribution < -0.4 is 20.8 Å². The number of carbonyl (C=O) groups excluding carboxylic acids is 1. The van der Waals surface area contributed by atoms with Crippen LogP contribution in [0.5, 0.6) is 17.2 Å². The van der Waals surface area contributed by atoms with E-state index < -0.39 is 0 Å². The fraction of sp³-hybridized carbons (Fsp3) is 0.222. The number of nitrogens with zero attached hydrogens (tertiary/aromatic N) is 3. The van der Waals surface area contributed by atoms with Gasteiger partial charge in [0, 0.05) is 30.9 Å². The number of piperidine rings is 1. The van der Waals surface area contributed by atoms with Crippen LogP contribution in [0.15, 0.2) is 60.0 Å². The minimum Gasteiger partial charge on any atom is -0.493 e. The van der Waals surface area contributed by atoms with Crippen LogP contribution in [-0.4, -0.2) is 45.8 Å². The van der Waals surface area contributed by atoms with Crippen LogP contribution in [0.1, 0.15) is 18.9 Å². The number of ether oxygens (including phenoxy) is 2. The van der Waals surface area contributed by atoms with Crippen LogP contribution in [0, 0.1) is 0 Å². The highest BCUT2D eigenvalue weighted by Crippen LogP contribution is 2.40. The van der Waals surface area contributed by atoms with Gasteiger partial charge in [0.1, 0.15) is 11.3 Å². The highest BCUT2D eigenvalue weighted by molar-refractivity contribution is 6.42. The second-order valence-electron chi connectivity index (χ2n) is 8.94. The second-order valence-corrected chi connectivity index (χ2v) is 9.75. The number of aromatic amines is 1. The van der Waals surface area contributed by atoms with Crippen LogP contribution in [0.4, 0.5) is 5.82 Å². The summed E-state index contributed by atoms with van der Waals surface area (Å²) in [5.41, 5.74) is 7.78. The van der Waals surface area contributed by atoms with Crippen LogP contribution in [0.3, 0.4) is 0 Å². The first-order chi connectivity index (χ1) is 18.3. The number of fused-ring (bicyclic) bond motifs is 1. The quantitative estimate of drug-likeness (QED) is 0.307. The summed E-state index contributed by atoms with van der Waals surface area (Å²) in [6.07, 6.45) is 4.79. The van der Waals surface area contributed by atoms with Crippen molar-refractivity contribution >= 4 is 45.8 Å². The van der Waals surface area contributed by atoms with E-state index in [1.165, 1.54) is 13.2 Å². The number of aromatic nitrogens is 3. The first-order valence-corrected chi connectivity index (χ1v) is 12.7. The molecule has 1 unspecified atom stereocenters. The van der Waals surface area contributed by atoms with Crippen molar-refractivity contribution in [3.8, 4) is 28.4 Å². The van der Waals surface area contributed by atoms with Crippen molar-refractivity contribution in [2.45, 2.75) is 18.9 Å². The molecule has 196 valence electrons. The standard InChI is InChI=1S/C27H25Cl2N5O4/c1-3-23(35)33-10-4-5-16(13-33)34-14-18(24-25(34)27(36)32-31-26(24)30)15-6-9-21(22(11-15)37-2)38-17-7-8-19(28)20(29)12-17/h3,6-9,11-12,14,16H,1,4-5,10,13H2,2H3,(H2,30,31)(H,32,36). The first-order valence-electron chi connectivity index (χ1n) is 11.9. The summed E-state index contributed by atoms with van der Waals surface area (Å²) in [5, 5.41) is 7.82. The molecule has 3 N–H and O–H groups in total. The third-order valence-electron chi connectivity index (χ3n) is 6.65. The van der Waals surface area contributed by atoms with Gasteiger partial charge in [-0.05, 0) is 48.7 Å². The van der Waals surface area contributed by atoms with E-state index in [4.69, 9.17) is 38.4 Å². The van der Waals surface area contributed by atoms with E-state index in [2.05, 4.69) is 16.8 Å². The number of hydrogen-bond acceptors (Lipinski definition) is 6. The zero-order chi connectivity index (χ0) is 27.0. The Morgan fingerprint density at radius 1 is 1.21 bits per heavy atom. The number of rotatable bonds is 6. The SMILES string of the molecule is C=CC(=O)N1CCCC(n2cc(-c3ccc(Oc4ccc(Cl)c(Cl)c4)c(OC)c3)c3c(N)n[nH]c(=O)c32)C1. The number of methoxy groups -OCH3 is 1. The highest BCUT2D eigenvalue weighted by atomic mass is 35.5. The van der Waals surface area contributed by atoms with Gasteiger partial charge in [-0.25, -0.2) is 5.10 Å². The Morgan fingerprint density at radius 2 is 2.03 bits per heavy atom. The Labute approximate surface area is 228 Å². The summed E-state index contributed by atoms with van der Waals surface area (Å²) in [4.78, 5) is 27.0. The van der Waals surface area contributed by atoms with Crippen LogP contribution in [0.25, 0.3) is 22.0 Å². The molecule has 1 aliphatic rings. The number of nitrogens with two attached hydrogens (primary N) is 1. The van der Waals surface area contributed by atoms with Crippen molar-refractivity contribution in [2.75, 3.05) is 25.9 Å². The summed E-state index contributed by atoms with van der Waals surface area (Å²) in [6, 6.07) is 10.3. The zero-order valence-electron chi connectivity index (χ0n) is 20.5. The molecule has 2 aromatic carbocycles. The van der Waals surface area contributed by atoms with E-state index in [-0.39, 0.29) is 23.3 Å². The minimum absolute atomic E-state index is 0.119. The summed E-state index contributed by atoms with van der Waals surface area (Å²) >= 11 is 12.1. The molecule has 4 aromatic rings. The molecule has 0 saturated carbocycles. The Kier molecular flexibility index (Phi) is 7.05. The number of halogens is 2. The van der Waals surface area contributed by atoms with Crippen molar-refractivity contribution in [3.05, 3.63) is 75.6 Å². The molecule has 2 aromatic heterocycles. The number of hydrogen-bond donors (Lipinski definition) is 2. The van der Waals surface area contributed by atoms with E-state index in [1.54, 1.807) is 35.2 Å². The molecule has 1 atom stereocenters. The number of anilines is 1. The number of carbonyl (C=O) groups is 1. The molecule has 3 heterocycles. The van der Waals surface area contributed by atoms with Gasteiger partial charge in [0.2, 0.25) is 5.91 Å². The lowest BCUT2D eigenvalue weighted by Crippen LogP contribution is -2.40. The largest absolute Gasteiger partial charge is 0.493 e. The molecule has 9 nitrogen and oxygen atoms in total. The lowest BCUT2D eigenvalue weighted by molar-refractivity contribution is -0.127. The molecule has 0 spiro atoms. The maximum atomic E-state index is 13.0. The normalized spacial score (nSPS) is 15.4. The Bertz CT molecular complexity index is 1610. The number of likely N-dealkylation sites (tertiary alicyclic amines) is 1. The number of benzene rings is 2. The van der Waals surface area contributed by atoms with Crippen molar-refractivity contribution in [1.82, 2.24) is 19.7 Å². The van der Waals surface area contributed by atoms with Gasteiger partial charge in [-0.15, -0.1) is 0 Å². The van der Waals surface area contributed by atoms with Crippen molar-refractivity contribution in [3.63, 3.8) is 0 Å². The molecule has 11 heteroatoms. The van der Waals surface area contributed by atoms with Gasteiger partial charge in [0.15, 0.2) is 17.3 Å². The zero-order valence-corrected chi connectivity index (χ0v) is 22.1. The van der Waals surface area contributed by atoms with Gasteiger partial charge in [-0.2, -0.15) is 5.10 Å². The average molecular weight is 554 g/mol. The van der Waals surface area contributed by atoms with E-state index in [9.17, 15) is 9.59 Å². The minimum atomic E-state index is -0.362. The third kappa shape index (κ3) is 4.70. The molecule has 0 aliphatic carbocycles. The lowest BCUT2D eigenvalue weighted by Gasteiger charge is -2.33.